The molecule has 76 valence electrons. The van der Waals surface area contributed by atoms with Crippen molar-refractivity contribution in [2.45, 2.75) is 12.5 Å². The summed E-state index contributed by atoms with van der Waals surface area (Å²) in [5, 5.41) is 27.2. The predicted molar refractivity (Wildman–Crippen MR) is 53.0 cm³/mol. The number of aliphatic hydroxyl groups is 1. The number of benzene rings is 1. The molecule has 1 atom stereocenters. The van der Waals surface area contributed by atoms with Crippen LogP contribution in [0.25, 0.3) is 0 Å². The van der Waals surface area contributed by atoms with Gasteiger partial charge in [-0.3, -0.25) is 4.79 Å². The quantitative estimate of drug-likeness (QED) is 0.773. The summed E-state index contributed by atoms with van der Waals surface area (Å²) in [6, 6.07) is 4.54. The molecule has 1 aromatic carbocycles. The molecule has 0 saturated heterocycles. The molecule has 0 amide bonds. The smallest absolute Gasteiger partial charge is 0.306 e. The van der Waals surface area contributed by atoms with Crippen LogP contribution in [-0.2, 0) is 4.79 Å². The highest BCUT2D eigenvalue weighted by atomic mass is 79.9. The van der Waals surface area contributed by atoms with Gasteiger partial charge in [-0.05, 0) is 27.6 Å². The molecular formula is C9H9BrO4. The molecule has 0 aliphatic carbocycles. The van der Waals surface area contributed by atoms with Gasteiger partial charge in [0, 0.05) is 0 Å². The zero-order chi connectivity index (χ0) is 10.7. The Morgan fingerprint density at radius 2 is 2.14 bits per heavy atom. The Morgan fingerprint density at radius 1 is 1.50 bits per heavy atom. The summed E-state index contributed by atoms with van der Waals surface area (Å²) in [7, 11) is 0. The number of aromatic hydroxyl groups is 1. The molecule has 4 nitrogen and oxygen atoms in total. The van der Waals surface area contributed by atoms with E-state index in [1.54, 1.807) is 12.1 Å². The molecule has 0 aliphatic heterocycles. The Labute approximate surface area is 88.9 Å². The number of carboxylic acid groups (broad SMARTS) is 1. The van der Waals surface area contributed by atoms with Crippen LogP contribution in [0.3, 0.4) is 0 Å². The van der Waals surface area contributed by atoms with Crippen molar-refractivity contribution in [3.63, 3.8) is 0 Å². The van der Waals surface area contributed by atoms with Gasteiger partial charge in [0.2, 0.25) is 0 Å². The van der Waals surface area contributed by atoms with E-state index in [9.17, 15) is 15.0 Å². The number of carbonyl (C=O) groups is 1. The fraction of sp³-hybridized carbons (Fsp3) is 0.222. The fourth-order valence-electron chi connectivity index (χ4n) is 1.07. The van der Waals surface area contributed by atoms with E-state index >= 15 is 0 Å². The third kappa shape index (κ3) is 2.46. The number of aliphatic hydroxyl groups excluding tert-OH is 1. The lowest BCUT2D eigenvalue weighted by atomic mass is 10.1. The molecule has 0 fully saturated rings. The summed E-state index contributed by atoms with van der Waals surface area (Å²) < 4.78 is 0.328. The van der Waals surface area contributed by atoms with Crippen LogP contribution < -0.4 is 0 Å². The van der Waals surface area contributed by atoms with Gasteiger partial charge in [0.25, 0.3) is 0 Å². The molecular weight excluding hydrogens is 252 g/mol. The number of rotatable bonds is 3. The van der Waals surface area contributed by atoms with Crippen molar-refractivity contribution in [1.82, 2.24) is 0 Å². The first kappa shape index (κ1) is 11.0. The molecule has 0 bridgehead atoms. The normalized spacial score (nSPS) is 12.4. The second kappa shape index (κ2) is 4.43. The zero-order valence-electron chi connectivity index (χ0n) is 7.14. The predicted octanol–water partition coefficient (Wildman–Crippen LogP) is 1.66. The van der Waals surface area contributed by atoms with E-state index in [2.05, 4.69) is 15.9 Å². The molecule has 0 aromatic heterocycles. The van der Waals surface area contributed by atoms with Crippen LogP contribution in [0.15, 0.2) is 22.7 Å². The second-order valence-electron chi connectivity index (χ2n) is 2.79. The molecule has 0 heterocycles. The Hall–Kier alpha value is -1.07. The van der Waals surface area contributed by atoms with Crippen LogP contribution in [0, 0.1) is 0 Å². The van der Waals surface area contributed by atoms with E-state index in [0.717, 1.165) is 0 Å². The van der Waals surface area contributed by atoms with Gasteiger partial charge in [0.05, 0.1) is 17.0 Å². The summed E-state index contributed by atoms with van der Waals surface area (Å²) >= 11 is 3.07. The highest BCUT2D eigenvalue weighted by molar-refractivity contribution is 9.10. The van der Waals surface area contributed by atoms with Gasteiger partial charge < -0.3 is 15.3 Å². The second-order valence-corrected chi connectivity index (χ2v) is 3.59. The van der Waals surface area contributed by atoms with Crippen molar-refractivity contribution in [3.8, 4) is 5.75 Å². The minimum absolute atomic E-state index is 0.0214. The van der Waals surface area contributed by atoms with E-state index in [0.29, 0.717) is 10.0 Å². The summed E-state index contributed by atoms with van der Waals surface area (Å²) in [6.07, 6.45) is -1.50. The Balaban J connectivity index is 2.95. The van der Waals surface area contributed by atoms with E-state index in [1.807, 2.05) is 0 Å². The van der Waals surface area contributed by atoms with Gasteiger partial charge in [0.15, 0.2) is 0 Å². The van der Waals surface area contributed by atoms with E-state index in [4.69, 9.17) is 5.11 Å². The van der Waals surface area contributed by atoms with Crippen LogP contribution >= 0.6 is 15.9 Å². The Kier molecular flexibility index (Phi) is 3.49. The Bertz CT molecular complexity index is 351. The van der Waals surface area contributed by atoms with Gasteiger partial charge in [-0.15, -0.1) is 0 Å². The molecule has 14 heavy (non-hydrogen) atoms. The molecule has 0 radical (unpaired) electrons. The topological polar surface area (TPSA) is 77.8 Å². The highest BCUT2D eigenvalue weighted by Crippen LogP contribution is 2.32. The lowest BCUT2D eigenvalue weighted by Crippen LogP contribution is -2.05. The van der Waals surface area contributed by atoms with Gasteiger partial charge in [-0.1, -0.05) is 12.1 Å². The minimum atomic E-state index is -1.12. The number of phenols is 1. The van der Waals surface area contributed by atoms with Crippen LogP contribution in [0.4, 0.5) is 0 Å². The van der Waals surface area contributed by atoms with Gasteiger partial charge >= 0.3 is 5.97 Å². The van der Waals surface area contributed by atoms with Crippen molar-refractivity contribution in [2.24, 2.45) is 0 Å². The molecule has 0 spiro atoms. The van der Waals surface area contributed by atoms with Crippen LogP contribution in [0.1, 0.15) is 18.1 Å². The summed E-state index contributed by atoms with van der Waals surface area (Å²) in [5.74, 6) is -1.11. The van der Waals surface area contributed by atoms with Gasteiger partial charge in [-0.2, -0.15) is 0 Å². The lowest BCUT2D eigenvalue weighted by Gasteiger charge is -2.10. The van der Waals surface area contributed by atoms with Crippen LogP contribution in [0.2, 0.25) is 0 Å². The molecule has 5 heteroatoms. The summed E-state index contributed by atoms with van der Waals surface area (Å²) in [5.41, 5.74) is 0.368. The van der Waals surface area contributed by atoms with Gasteiger partial charge in [-0.25, -0.2) is 0 Å². The minimum Gasteiger partial charge on any atom is -0.507 e. The van der Waals surface area contributed by atoms with E-state index in [1.165, 1.54) is 6.07 Å². The van der Waals surface area contributed by atoms with Crippen LogP contribution in [-0.4, -0.2) is 21.3 Å². The van der Waals surface area contributed by atoms with Crippen molar-refractivity contribution in [1.29, 1.82) is 0 Å². The maximum atomic E-state index is 10.3. The molecule has 3 N–H and O–H groups in total. The molecule has 0 unspecified atom stereocenters. The molecule has 1 rings (SSSR count). The number of aliphatic carboxylic acids is 1. The average Bonchev–Trinajstić information content (AvgIpc) is 2.08. The molecule has 0 saturated carbocycles. The van der Waals surface area contributed by atoms with E-state index in [-0.39, 0.29) is 12.2 Å². The first-order valence-electron chi connectivity index (χ1n) is 3.89. The zero-order valence-corrected chi connectivity index (χ0v) is 8.73. The monoisotopic (exact) mass is 260 g/mol. The van der Waals surface area contributed by atoms with Crippen molar-refractivity contribution in [3.05, 3.63) is 28.2 Å². The first-order valence-corrected chi connectivity index (χ1v) is 4.69. The summed E-state index contributed by atoms with van der Waals surface area (Å²) in [6.45, 7) is 0. The van der Waals surface area contributed by atoms with E-state index < -0.39 is 12.1 Å². The maximum Gasteiger partial charge on any atom is 0.306 e. The highest BCUT2D eigenvalue weighted by Gasteiger charge is 2.16. The number of carboxylic acids is 1. The number of hydrogen-bond acceptors (Lipinski definition) is 3. The summed E-state index contributed by atoms with van der Waals surface area (Å²) in [4.78, 5) is 10.3. The largest absolute Gasteiger partial charge is 0.507 e. The van der Waals surface area contributed by atoms with Crippen molar-refractivity contribution >= 4 is 21.9 Å². The van der Waals surface area contributed by atoms with Crippen molar-refractivity contribution in [2.75, 3.05) is 0 Å². The van der Waals surface area contributed by atoms with Crippen LogP contribution in [0.5, 0.6) is 5.75 Å². The number of phenolic OH excluding ortho intramolecular Hbond substituents is 1. The van der Waals surface area contributed by atoms with Gasteiger partial charge in [0.1, 0.15) is 5.75 Å². The Morgan fingerprint density at radius 3 is 2.71 bits per heavy atom. The third-order valence-electron chi connectivity index (χ3n) is 1.74. The fourth-order valence-corrected chi connectivity index (χ4v) is 1.60. The maximum absolute atomic E-state index is 10.3. The standard InChI is InChI=1S/C9H9BrO4/c10-9-5(2-1-3-6(9)11)7(12)4-8(13)14/h1-3,7,11-12H,4H2,(H,13,14)/t7-/m1/s1. The van der Waals surface area contributed by atoms with Crippen molar-refractivity contribution < 1.29 is 20.1 Å². The lowest BCUT2D eigenvalue weighted by molar-refractivity contribution is -0.139. The SMILES string of the molecule is O=C(O)C[C@@H](O)c1cccc(O)c1Br. The third-order valence-corrected chi connectivity index (χ3v) is 2.60. The number of halogens is 1. The molecule has 1 aromatic rings. The number of hydrogen-bond donors (Lipinski definition) is 3. The first-order chi connectivity index (χ1) is 6.52. The average molecular weight is 261 g/mol. The molecule has 0 aliphatic rings.